The van der Waals surface area contributed by atoms with Gasteiger partial charge in [-0.1, -0.05) is 54.2 Å². The molecule has 0 bridgehead atoms. The van der Waals surface area contributed by atoms with E-state index in [4.69, 9.17) is 4.74 Å². The summed E-state index contributed by atoms with van der Waals surface area (Å²) in [5.74, 6) is 2.36. The number of likely N-dealkylation sites (tertiary alicyclic amines) is 1. The van der Waals surface area contributed by atoms with Crippen LogP contribution in [0.2, 0.25) is 0 Å². The maximum atomic E-state index is 12.9. The molecular formula is C26H32N4O2S. The second-order valence-corrected chi connectivity index (χ2v) is 9.52. The van der Waals surface area contributed by atoms with Crippen LogP contribution in [0.1, 0.15) is 36.5 Å². The fraction of sp³-hybridized carbons (Fsp3) is 0.423. The van der Waals surface area contributed by atoms with Crippen molar-refractivity contribution in [2.75, 3.05) is 18.8 Å². The lowest BCUT2D eigenvalue weighted by Crippen LogP contribution is -2.42. The summed E-state index contributed by atoms with van der Waals surface area (Å²) in [6.45, 7) is 10.5. The Morgan fingerprint density at radius 2 is 1.67 bits per heavy atom. The number of hydrogen-bond donors (Lipinski definition) is 0. The monoisotopic (exact) mass is 464 g/mol. The lowest BCUT2D eigenvalue weighted by atomic mass is 10.1. The Labute approximate surface area is 200 Å². The maximum absolute atomic E-state index is 12.9. The number of aryl methyl sites for hydroxylation is 3. The van der Waals surface area contributed by atoms with E-state index in [2.05, 4.69) is 72.8 Å². The summed E-state index contributed by atoms with van der Waals surface area (Å²) in [6.07, 6.45) is 1.86. The molecule has 174 valence electrons. The quantitative estimate of drug-likeness (QED) is 0.458. The van der Waals surface area contributed by atoms with Crippen LogP contribution in [0.15, 0.2) is 47.6 Å². The van der Waals surface area contributed by atoms with E-state index in [0.717, 1.165) is 65.9 Å². The maximum Gasteiger partial charge on any atom is 0.233 e. The molecule has 1 aromatic heterocycles. The van der Waals surface area contributed by atoms with Gasteiger partial charge in [-0.2, -0.15) is 0 Å². The number of para-hydroxylation sites is 1. The molecule has 0 saturated carbocycles. The van der Waals surface area contributed by atoms with Gasteiger partial charge in [0.25, 0.3) is 0 Å². The van der Waals surface area contributed by atoms with Crippen molar-refractivity contribution in [1.29, 1.82) is 0 Å². The molecule has 0 aliphatic carbocycles. The second-order valence-electron chi connectivity index (χ2n) is 8.57. The van der Waals surface area contributed by atoms with Crippen LogP contribution in [0.5, 0.6) is 5.75 Å². The molecule has 1 fully saturated rings. The second kappa shape index (κ2) is 10.4. The fourth-order valence-electron chi connectivity index (χ4n) is 4.30. The number of benzene rings is 2. The van der Waals surface area contributed by atoms with Crippen LogP contribution in [0.3, 0.4) is 0 Å². The first-order valence-electron chi connectivity index (χ1n) is 11.6. The Balaban J connectivity index is 1.33. The molecule has 0 spiro atoms. The highest BCUT2D eigenvalue weighted by Crippen LogP contribution is 2.28. The molecule has 0 radical (unpaired) electrons. The van der Waals surface area contributed by atoms with Gasteiger partial charge in [0.15, 0.2) is 11.0 Å². The molecule has 3 aromatic rings. The van der Waals surface area contributed by atoms with E-state index in [-0.39, 0.29) is 12.0 Å². The third-order valence-electron chi connectivity index (χ3n) is 6.23. The SMILES string of the molecule is CCn1c(SCC(=O)N2CCC(Oc3c(C)cccc3C)CC2)nnc1-c1ccccc1C. The molecule has 2 heterocycles. The van der Waals surface area contributed by atoms with Crippen LogP contribution < -0.4 is 4.74 Å². The molecule has 6 nitrogen and oxygen atoms in total. The van der Waals surface area contributed by atoms with Crippen LogP contribution in [-0.2, 0) is 11.3 Å². The largest absolute Gasteiger partial charge is 0.490 e. The summed E-state index contributed by atoms with van der Waals surface area (Å²) in [6, 6.07) is 14.4. The zero-order valence-electron chi connectivity index (χ0n) is 19.9. The first-order valence-corrected chi connectivity index (χ1v) is 12.6. The molecule has 2 aromatic carbocycles. The van der Waals surface area contributed by atoms with Gasteiger partial charge in [-0.3, -0.25) is 4.79 Å². The summed E-state index contributed by atoms with van der Waals surface area (Å²) in [5, 5.41) is 9.59. The van der Waals surface area contributed by atoms with Gasteiger partial charge >= 0.3 is 0 Å². The predicted octanol–water partition coefficient (Wildman–Crippen LogP) is 5.05. The van der Waals surface area contributed by atoms with E-state index in [1.165, 1.54) is 17.3 Å². The molecule has 0 unspecified atom stereocenters. The Morgan fingerprint density at radius 1 is 1.00 bits per heavy atom. The number of nitrogens with zero attached hydrogens (tertiary/aromatic N) is 4. The van der Waals surface area contributed by atoms with Gasteiger partial charge in [-0.05, 0) is 44.4 Å². The van der Waals surface area contributed by atoms with Gasteiger partial charge in [0.05, 0.1) is 5.75 Å². The summed E-state index contributed by atoms with van der Waals surface area (Å²) in [7, 11) is 0. The van der Waals surface area contributed by atoms with E-state index >= 15 is 0 Å². The molecule has 1 saturated heterocycles. The number of rotatable bonds is 7. The fourth-order valence-corrected chi connectivity index (χ4v) is 5.20. The number of thioether (sulfide) groups is 1. The number of piperidine rings is 1. The first-order chi connectivity index (χ1) is 16.0. The van der Waals surface area contributed by atoms with Gasteiger partial charge in [-0.25, -0.2) is 0 Å². The number of carbonyl (C=O) groups excluding carboxylic acids is 1. The van der Waals surface area contributed by atoms with Gasteiger partial charge in [0.1, 0.15) is 11.9 Å². The third kappa shape index (κ3) is 5.24. The number of aromatic nitrogens is 3. The van der Waals surface area contributed by atoms with Crippen molar-refractivity contribution in [1.82, 2.24) is 19.7 Å². The zero-order chi connectivity index (χ0) is 23.4. The van der Waals surface area contributed by atoms with Crippen molar-refractivity contribution in [3.63, 3.8) is 0 Å². The highest BCUT2D eigenvalue weighted by atomic mass is 32.2. The lowest BCUT2D eigenvalue weighted by Gasteiger charge is -2.32. The summed E-state index contributed by atoms with van der Waals surface area (Å²) >= 11 is 1.47. The minimum absolute atomic E-state index is 0.147. The van der Waals surface area contributed by atoms with Gasteiger partial charge in [-0.15, -0.1) is 10.2 Å². The van der Waals surface area contributed by atoms with Crippen LogP contribution in [0, 0.1) is 20.8 Å². The van der Waals surface area contributed by atoms with E-state index in [1.807, 2.05) is 17.0 Å². The van der Waals surface area contributed by atoms with E-state index in [1.54, 1.807) is 0 Å². The van der Waals surface area contributed by atoms with Crippen molar-refractivity contribution in [3.8, 4) is 17.1 Å². The third-order valence-corrected chi connectivity index (χ3v) is 7.18. The van der Waals surface area contributed by atoms with Crippen LogP contribution >= 0.6 is 11.8 Å². The van der Waals surface area contributed by atoms with Gasteiger partial charge in [0, 0.05) is 38.0 Å². The Bertz CT molecular complexity index is 1100. The highest BCUT2D eigenvalue weighted by molar-refractivity contribution is 7.99. The molecule has 1 amide bonds. The summed E-state index contributed by atoms with van der Waals surface area (Å²) in [4.78, 5) is 14.8. The number of carbonyl (C=O) groups is 1. The first kappa shape index (κ1) is 23.4. The van der Waals surface area contributed by atoms with Crippen molar-refractivity contribution < 1.29 is 9.53 Å². The van der Waals surface area contributed by atoms with Crippen molar-refractivity contribution in [3.05, 3.63) is 59.2 Å². The molecule has 7 heteroatoms. The highest BCUT2D eigenvalue weighted by Gasteiger charge is 2.25. The average Bonchev–Trinajstić information content (AvgIpc) is 3.23. The number of hydrogen-bond acceptors (Lipinski definition) is 5. The van der Waals surface area contributed by atoms with Crippen molar-refractivity contribution in [2.24, 2.45) is 0 Å². The molecule has 4 rings (SSSR count). The zero-order valence-corrected chi connectivity index (χ0v) is 20.7. The topological polar surface area (TPSA) is 60.2 Å². The van der Waals surface area contributed by atoms with Crippen LogP contribution in [0.4, 0.5) is 0 Å². The Kier molecular flexibility index (Phi) is 7.38. The summed E-state index contributed by atoms with van der Waals surface area (Å²) < 4.78 is 8.38. The van der Waals surface area contributed by atoms with Crippen molar-refractivity contribution in [2.45, 2.75) is 58.3 Å². The minimum Gasteiger partial charge on any atom is -0.490 e. The van der Waals surface area contributed by atoms with E-state index < -0.39 is 0 Å². The standard InChI is InChI=1S/C26H32N4O2S/c1-5-30-25(22-12-7-6-9-18(22)2)27-28-26(30)33-17-23(31)29-15-13-21(14-16-29)32-24-19(3)10-8-11-20(24)4/h6-12,21H,5,13-17H2,1-4H3. The lowest BCUT2D eigenvalue weighted by molar-refractivity contribution is -0.130. The van der Waals surface area contributed by atoms with E-state index in [9.17, 15) is 4.79 Å². The predicted molar refractivity (Wildman–Crippen MR) is 133 cm³/mol. The van der Waals surface area contributed by atoms with Crippen LogP contribution in [-0.4, -0.2) is 50.5 Å². The van der Waals surface area contributed by atoms with Gasteiger partial charge in [0.2, 0.25) is 5.91 Å². The van der Waals surface area contributed by atoms with E-state index in [0.29, 0.717) is 5.75 Å². The molecule has 33 heavy (non-hydrogen) atoms. The summed E-state index contributed by atoms with van der Waals surface area (Å²) in [5.41, 5.74) is 4.57. The normalized spacial score (nSPS) is 14.5. The van der Waals surface area contributed by atoms with Crippen molar-refractivity contribution >= 4 is 17.7 Å². The number of ether oxygens (including phenoxy) is 1. The molecule has 1 aliphatic heterocycles. The molecule has 0 atom stereocenters. The minimum atomic E-state index is 0.147. The number of amides is 1. The van der Waals surface area contributed by atoms with Crippen LogP contribution in [0.25, 0.3) is 11.4 Å². The Morgan fingerprint density at radius 3 is 2.33 bits per heavy atom. The Hall–Kier alpha value is -2.80. The average molecular weight is 465 g/mol. The molecule has 1 aliphatic rings. The molecule has 0 N–H and O–H groups in total. The molecular weight excluding hydrogens is 432 g/mol. The smallest absolute Gasteiger partial charge is 0.233 e. The van der Waals surface area contributed by atoms with Gasteiger partial charge < -0.3 is 14.2 Å².